The van der Waals surface area contributed by atoms with Crippen LogP contribution >= 0.6 is 11.8 Å². The van der Waals surface area contributed by atoms with Crippen LogP contribution in [-0.4, -0.2) is 25.1 Å². The molecule has 1 amide bonds. The largest absolute Gasteiger partial charge is 0.277 e. The molecule has 8 heteroatoms. The summed E-state index contributed by atoms with van der Waals surface area (Å²) in [5, 5.41) is 0.991. The number of sulfonamides is 1. The zero-order valence-electron chi connectivity index (χ0n) is 15.0. The molecule has 0 spiro atoms. The summed E-state index contributed by atoms with van der Waals surface area (Å²) < 4.78 is 24.9. The lowest BCUT2D eigenvalue weighted by molar-refractivity contribution is -0.119. The molecular weight excluding hydrogens is 394 g/mol. The molecule has 0 aliphatic heterocycles. The highest BCUT2D eigenvalue weighted by Gasteiger charge is 2.19. The Hall–Kier alpha value is -2.42. The molecule has 2 aromatic carbocycles. The molecule has 0 radical (unpaired) electrons. The zero-order valence-corrected chi connectivity index (χ0v) is 16.6. The summed E-state index contributed by atoms with van der Waals surface area (Å²) in [5.41, 5.74) is 5.37. The molecule has 1 heterocycles. The number of pyridine rings is 1. The molecule has 1 aliphatic carbocycles. The number of para-hydroxylation sites is 1. The Morgan fingerprint density at radius 2 is 1.89 bits per heavy atom. The monoisotopic (exact) mass is 413 g/mol. The molecule has 0 saturated heterocycles. The van der Waals surface area contributed by atoms with E-state index in [4.69, 9.17) is 0 Å². The van der Waals surface area contributed by atoms with Crippen LogP contribution in [0.5, 0.6) is 0 Å². The second-order valence-electron chi connectivity index (χ2n) is 6.56. The average Bonchev–Trinajstić information content (AvgIpc) is 3.18. The summed E-state index contributed by atoms with van der Waals surface area (Å²) in [6.45, 7) is 0. The van der Waals surface area contributed by atoms with Crippen molar-refractivity contribution in [1.82, 2.24) is 15.2 Å². The first-order valence-corrected chi connectivity index (χ1v) is 11.4. The van der Waals surface area contributed by atoms with Crippen LogP contribution in [0.3, 0.4) is 0 Å². The maximum absolute atomic E-state index is 12.4. The number of carbonyl (C=O) groups is 1. The lowest BCUT2D eigenvalue weighted by Crippen LogP contribution is -2.42. The maximum Gasteiger partial charge on any atom is 0.257 e. The Balaban J connectivity index is 1.37. The van der Waals surface area contributed by atoms with E-state index in [9.17, 15) is 13.2 Å². The van der Waals surface area contributed by atoms with Gasteiger partial charge < -0.3 is 0 Å². The van der Waals surface area contributed by atoms with Crippen molar-refractivity contribution in [3.63, 3.8) is 0 Å². The first-order chi connectivity index (χ1) is 13.5. The lowest BCUT2D eigenvalue weighted by Gasteiger charge is -2.10. The highest BCUT2D eigenvalue weighted by molar-refractivity contribution is 8.00. The van der Waals surface area contributed by atoms with E-state index in [1.165, 1.54) is 17.3 Å². The predicted molar refractivity (Wildman–Crippen MR) is 109 cm³/mol. The summed E-state index contributed by atoms with van der Waals surface area (Å²) in [6, 6.07) is 14.7. The Kier molecular flexibility index (Phi) is 5.34. The summed E-state index contributed by atoms with van der Waals surface area (Å²) in [6.07, 6.45) is 4.63. The molecule has 6 nitrogen and oxygen atoms in total. The first-order valence-electron chi connectivity index (χ1n) is 8.92. The fourth-order valence-corrected chi connectivity index (χ4v) is 5.02. The van der Waals surface area contributed by atoms with Gasteiger partial charge in [-0.15, -0.1) is 16.6 Å². The molecule has 4 rings (SSSR count). The van der Waals surface area contributed by atoms with Crippen molar-refractivity contribution >= 4 is 38.6 Å². The van der Waals surface area contributed by atoms with Gasteiger partial charge in [-0.1, -0.05) is 24.3 Å². The van der Waals surface area contributed by atoms with Crippen LogP contribution in [0.1, 0.15) is 17.5 Å². The normalized spacial score (nSPS) is 13.4. The molecule has 2 N–H and O–H groups in total. The van der Waals surface area contributed by atoms with Crippen LogP contribution in [0.4, 0.5) is 0 Å². The Labute approximate surface area is 167 Å². The van der Waals surface area contributed by atoms with Gasteiger partial charge in [-0.3, -0.25) is 15.2 Å². The van der Waals surface area contributed by atoms with Crippen LogP contribution < -0.4 is 10.3 Å². The van der Waals surface area contributed by atoms with Gasteiger partial charge >= 0.3 is 0 Å². The highest BCUT2D eigenvalue weighted by Crippen LogP contribution is 2.26. The average molecular weight is 414 g/mol. The van der Waals surface area contributed by atoms with Gasteiger partial charge in [0.15, 0.2) is 0 Å². The minimum absolute atomic E-state index is 0.0718. The molecule has 3 aromatic rings. The number of hydrogen-bond acceptors (Lipinski definition) is 5. The van der Waals surface area contributed by atoms with Crippen molar-refractivity contribution in [1.29, 1.82) is 0 Å². The third-order valence-electron chi connectivity index (χ3n) is 4.66. The molecule has 0 saturated carbocycles. The number of rotatable bonds is 6. The van der Waals surface area contributed by atoms with Gasteiger partial charge in [-0.05, 0) is 54.7 Å². The van der Waals surface area contributed by atoms with Gasteiger partial charge in [0.1, 0.15) is 0 Å². The van der Waals surface area contributed by atoms with E-state index in [2.05, 4.69) is 15.2 Å². The van der Waals surface area contributed by atoms with E-state index < -0.39 is 15.9 Å². The molecule has 1 aliphatic rings. The number of benzene rings is 2. The quantitative estimate of drug-likeness (QED) is 0.479. The molecular formula is C20H19N3O3S2. The first kappa shape index (κ1) is 18.9. The SMILES string of the molecule is O=C(CSc1cccc2cccnc12)NNS(=O)(=O)c1ccc2c(c1)CCC2. The van der Waals surface area contributed by atoms with Crippen LogP contribution in [0, 0.1) is 0 Å². The highest BCUT2D eigenvalue weighted by atomic mass is 32.2. The zero-order chi connectivity index (χ0) is 19.6. The number of amides is 1. The number of nitrogens with one attached hydrogen (secondary N) is 2. The van der Waals surface area contributed by atoms with E-state index in [0.717, 1.165) is 40.6 Å². The molecule has 0 bridgehead atoms. The van der Waals surface area contributed by atoms with E-state index in [0.29, 0.717) is 0 Å². The van der Waals surface area contributed by atoms with Crippen LogP contribution in [0.15, 0.2) is 64.5 Å². The maximum atomic E-state index is 12.4. The van der Waals surface area contributed by atoms with Crippen molar-refractivity contribution in [2.75, 3.05) is 5.75 Å². The van der Waals surface area contributed by atoms with Crippen LogP contribution in [-0.2, 0) is 27.7 Å². The van der Waals surface area contributed by atoms with E-state index in [1.54, 1.807) is 18.3 Å². The van der Waals surface area contributed by atoms with Gasteiger partial charge in [-0.25, -0.2) is 8.42 Å². The van der Waals surface area contributed by atoms with Crippen molar-refractivity contribution < 1.29 is 13.2 Å². The number of hydrazine groups is 1. The number of carbonyl (C=O) groups excluding carboxylic acids is 1. The van der Waals surface area contributed by atoms with Gasteiger partial charge in [-0.2, -0.15) is 0 Å². The number of hydrogen-bond donors (Lipinski definition) is 2. The van der Waals surface area contributed by atoms with Gasteiger partial charge in [0.05, 0.1) is 16.2 Å². The molecule has 0 fully saturated rings. The second kappa shape index (κ2) is 7.90. The third kappa shape index (κ3) is 4.04. The number of aromatic nitrogens is 1. The molecule has 1 aromatic heterocycles. The summed E-state index contributed by atoms with van der Waals surface area (Å²) in [5.74, 6) is -0.356. The van der Waals surface area contributed by atoms with Gasteiger partial charge in [0.2, 0.25) is 5.91 Å². The van der Waals surface area contributed by atoms with E-state index >= 15 is 0 Å². The minimum Gasteiger partial charge on any atom is -0.277 e. The number of fused-ring (bicyclic) bond motifs is 2. The fourth-order valence-electron chi connectivity index (χ4n) is 3.27. The van der Waals surface area contributed by atoms with Crippen molar-refractivity contribution in [2.24, 2.45) is 0 Å². The lowest BCUT2D eigenvalue weighted by atomic mass is 10.1. The Morgan fingerprint density at radius 1 is 1.07 bits per heavy atom. The molecule has 28 heavy (non-hydrogen) atoms. The summed E-state index contributed by atoms with van der Waals surface area (Å²) >= 11 is 1.31. The number of thioether (sulfide) groups is 1. The molecule has 0 atom stereocenters. The predicted octanol–water partition coefficient (Wildman–Crippen LogP) is 2.83. The fraction of sp³-hybridized carbons (Fsp3) is 0.200. The number of nitrogens with zero attached hydrogens (tertiary/aromatic N) is 1. The molecule has 144 valence electrons. The van der Waals surface area contributed by atoms with Crippen molar-refractivity contribution in [3.05, 3.63) is 65.9 Å². The summed E-state index contributed by atoms with van der Waals surface area (Å²) in [4.78, 5) is 19.7. The topological polar surface area (TPSA) is 88.2 Å². The number of aryl methyl sites for hydroxylation is 2. The minimum atomic E-state index is -3.80. The summed E-state index contributed by atoms with van der Waals surface area (Å²) in [7, 11) is -3.80. The van der Waals surface area contributed by atoms with Gasteiger partial charge in [0, 0.05) is 16.5 Å². The van der Waals surface area contributed by atoms with Crippen LogP contribution in [0.25, 0.3) is 10.9 Å². The van der Waals surface area contributed by atoms with Crippen molar-refractivity contribution in [2.45, 2.75) is 29.1 Å². The van der Waals surface area contributed by atoms with Gasteiger partial charge in [0.25, 0.3) is 10.0 Å². The van der Waals surface area contributed by atoms with E-state index in [-0.39, 0.29) is 10.6 Å². The smallest absolute Gasteiger partial charge is 0.257 e. The van der Waals surface area contributed by atoms with Crippen LogP contribution in [0.2, 0.25) is 0 Å². The Morgan fingerprint density at radius 3 is 2.79 bits per heavy atom. The Bertz CT molecular complexity index is 1140. The molecule has 0 unspecified atom stereocenters. The standard InChI is InChI=1S/C20H19N3O3S2/c24-19(13-27-18-8-2-5-15-7-3-11-21-20(15)18)22-23-28(25,26)17-10-9-14-4-1-6-16(14)12-17/h2-3,5,7-12,23H,1,4,6,13H2,(H,22,24). The third-order valence-corrected chi connectivity index (χ3v) is 6.95. The second-order valence-corrected chi connectivity index (χ2v) is 9.26. The van der Waals surface area contributed by atoms with E-state index in [1.807, 2.05) is 36.4 Å². The van der Waals surface area contributed by atoms with Crippen molar-refractivity contribution in [3.8, 4) is 0 Å².